The van der Waals surface area contributed by atoms with E-state index < -0.39 is 12.1 Å². The van der Waals surface area contributed by atoms with Gasteiger partial charge in [0.15, 0.2) is 6.10 Å². The van der Waals surface area contributed by atoms with Crippen molar-refractivity contribution in [2.75, 3.05) is 5.32 Å². The van der Waals surface area contributed by atoms with E-state index in [1.807, 2.05) is 24.3 Å². The van der Waals surface area contributed by atoms with E-state index in [4.69, 9.17) is 9.37 Å². The van der Waals surface area contributed by atoms with Gasteiger partial charge in [0, 0.05) is 11.8 Å². The summed E-state index contributed by atoms with van der Waals surface area (Å²) in [5, 5.41) is 21.6. The zero-order valence-electron chi connectivity index (χ0n) is 14.8. The number of nitrogens with one attached hydrogen (secondary N) is 1. The maximum Gasteiger partial charge on any atom is 0.339 e. The van der Waals surface area contributed by atoms with Crippen molar-refractivity contribution in [1.82, 2.24) is 10.3 Å². The van der Waals surface area contributed by atoms with Crippen LogP contribution < -0.4 is 10.1 Å². The van der Waals surface area contributed by atoms with Gasteiger partial charge in [-0.25, -0.2) is 9.42 Å². The number of benzene rings is 2. The van der Waals surface area contributed by atoms with E-state index in [1.165, 1.54) is 11.3 Å². The second kappa shape index (κ2) is 6.71. The number of thiophene rings is 1. The average molecular weight is 407 g/mol. The number of carboxylic acids is 1. The topological polar surface area (TPSA) is 115 Å². The van der Waals surface area contributed by atoms with E-state index in [-0.39, 0.29) is 17.2 Å². The van der Waals surface area contributed by atoms with E-state index in [0.29, 0.717) is 33.6 Å². The predicted molar refractivity (Wildman–Crippen MR) is 105 cm³/mol. The normalized spacial score (nSPS) is 15.1. The van der Waals surface area contributed by atoms with Crippen LogP contribution in [0.4, 0.5) is 5.69 Å². The molecule has 8 nitrogen and oxygen atoms in total. The van der Waals surface area contributed by atoms with Crippen molar-refractivity contribution in [2.45, 2.75) is 12.5 Å². The Morgan fingerprint density at radius 3 is 2.79 bits per heavy atom. The van der Waals surface area contributed by atoms with Gasteiger partial charge in [0.2, 0.25) is 0 Å². The molecule has 0 spiro atoms. The number of nitrogens with zero attached hydrogens (tertiary/aromatic N) is 2. The second-order valence-corrected chi connectivity index (χ2v) is 7.41. The average Bonchev–Trinajstić information content (AvgIpc) is 3.44. The zero-order chi connectivity index (χ0) is 20.0. The summed E-state index contributed by atoms with van der Waals surface area (Å²) in [6, 6.07) is 12.6. The van der Waals surface area contributed by atoms with Gasteiger partial charge in [-0.2, -0.15) is 0 Å². The quantitative estimate of drug-likeness (QED) is 0.531. The number of rotatable bonds is 4. The molecule has 4 aromatic rings. The molecular weight excluding hydrogens is 394 g/mol. The molecule has 0 radical (unpaired) electrons. The van der Waals surface area contributed by atoms with E-state index in [9.17, 15) is 14.7 Å². The van der Waals surface area contributed by atoms with E-state index in [0.717, 1.165) is 5.56 Å². The number of aromatic carboxylic acids is 1. The molecular formula is C20H13N3O5S. The van der Waals surface area contributed by atoms with E-state index in [2.05, 4.69) is 15.6 Å². The highest BCUT2D eigenvalue weighted by Gasteiger charge is 2.30. The number of carbonyl (C=O) groups excluding carboxylic acids is 1. The maximum absolute atomic E-state index is 12.7. The zero-order valence-corrected chi connectivity index (χ0v) is 15.6. The highest BCUT2D eigenvalue weighted by Crippen LogP contribution is 2.37. The smallest absolute Gasteiger partial charge is 0.339 e. The fraction of sp³-hybridized carbons (Fsp3) is 0.100. The Labute approximate surface area is 167 Å². The molecule has 1 aliphatic rings. The molecule has 1 unspecified atom stereocenters. The predicted octanol–water partition coefficient (Wildman–Crippen LogP) is 3.59. The summed E-state index contributed by atoms with van der Waals surface area (Å²) in [7, 11) is 0. The summed E-state index contributed by atoms with van der Waals surface area (Å²) in [5.74, 6) is -0.846. The van der Waals surface area contributed by atoms with Crippen LogP contribution in [-0.4, -0.2) is 33.4 Å². The largest absolute Gasteiger partial charge is 0.480 e. The maximum atomic E-state index is 12.7. The number of aromatic nitrogens is 2. The number of carbonyl (C=O) groups is 2. The van der Waals surface area contributed by atoms with Crippen molar-refractivity contribution in [1.29, 1.82) is 0 Å². The standard InChI is InChI=1S/C20H13N3O5S/c24-19(16-8-10-3-1-2-4-15(10)27-16)21-14-9-29-18(17(14)20(25)26)11-5-6-12-13(7-11)23-28-22-12/h1-7,9,16H,8H2,(H,21,24)(H,25,26). The SMILES string of the molecule is O=C(O)c1c(NC(=O)C2Cc3ccccc3O2)csc1-c1ccc2nonc2c1. The van der Waals surface area contributed by atoms with Crippen molar-refractivity contribution >= 4 is 39.9 Å². The molecule has 0 aliphatic carbocycles. The number of hydrogen-bond donors (Lipinski definition) is 2. The molecule has 2 aromatic carbocycles. The molecule has 1 atom stereocenters. The second-order valence-electron chi connectivity index (χ2n) is 6.53. The van der Waals surface area contributed by atoms with E-state index >= 15 is 0 Å². The molecule has 0 saturated heterocycles. The minimum atomic E-state index is -1.13. The molecule has 2 aromatic heterocycles. The summed E-state index contributed by atoms with van der Waals surface area (Å²) >= 11 is 1.23. The van der Waals surface area contributed by atoms with Crippen LogP contribution in [0.25, 0.3) is 21.5 Å². The van der Waals surface area contributed by atoms with Crippen molar-refractivity contribution in [2.24, 2.45) is 0 Å². The molecule has 0 fully saturated rings. The van der Waals surface area contributed by atoms with Crippen molar-refractivity contribution < 1.29 is 24.1 Å². The Kier molecular flexibility index (Phi) is 4.02. The van der Waals surface area contributed by atoms with Gasteiger partial charge in [0.05, 0.1) is 10.6 Å². The van der Waals surface area contributed by atoms with Gasteiger partial charge in [-0.3, -0.25) is 4.79 Å². The number of para-hydroxylation sites is 1. The molecule has 3 heterocycles. The third-order valence-corrected chi connectivity index (χ3v) is 5.75. The summed E-state index contributed by atoms with van der Waals surface area (Å²) < 4.78 is 10.4. The number of amides is 1. The van der Waals surface area contributed by atoms with Crippen LogP contribution in [0.2, 0.25) is 0 Å². The van der Waals surface area contributed by atoms with Crippen LogP contribution in [0.5, 0.6) is 5.75 Å². The minimum absolute atomic E-state index is 0.0228. The molecule has 1 amide bonds. The van der Waals surface area contributed by atoms with Crippen molar-refractivity contribution in [3.05, 3.63) is 59.0 Å². The Hall–Kier alpha value is -3.72. The van der Waals surface area contributed by atoms with Gasteiger partial charge in [0.25, 0.3) is 5.91 Å². The molecule has 144 valence electrons. The molecule has 2 N–H and O–H groups in total. The van der Waals surface area contributed by atoms with Crippen LogP contribution in [0.15, 0.2) is 52.5 Å². The van der Waals surface area contributed by atoms with Crippen LogP contribution in [0.3, 0.4) is 0 Å². The number of carboxylic acid groups (broad SMARTS) is 1. The first-order valence-electron chi connectivity index (χ1n) is 8.73. The number of ether oxygens (including phenoxy) is 1. The molecule has 0 bridgehead atoms. The third-order valence-electron chi connectivity index (χ3n) is 4.72. The fourth-order valence-electron chi connectivity index (χ4n) is 3.34. The lowest BCUT2D eigenvalue weighted by atomic mass is 10.1. The number of fused-ring (bicyclic) bond motifs is 2. The van der Waals surface area contributed by atoms with Gasteiger partial charge < -0.3 is 15.2 Å². The first-order chi connectivity index (χ1) is 14.1. The van der Waals surface area contributed by atoms with Crippen LogP contribution >= 0.6 is 11.3 Å². The Bertz CT molecular complexity index is 1240. The highest BCUT2D eigenvalue weighted by atomic mass is 32.1. The lowest BCUT2D eigenvalue weighted by molar-refractivity contribution is -0.122. The van der Waals surface area contributed by atoms with Gasteiger partial charge >= 0.3 is 5.97 Å². The number of anilines is 1. The summed E-state index contributed by atoms with van der Waals surface area (Å²) in [4.78, 5) is 25.1. The fourth-order valence-corrected chi connectivity index (χ4v) is 4.33. The summed E-state index contributed by atoms with van der Waals surface area (Å²) in [5.41, 5.74) is 2.96. The summed E-state index contributed by atoms with van der Waals surface area (Å²) in [6.07, 6.45) is -0.257. The van der Waals surface area contributed by atoms with Gasteiger partial charge in [0.1, 0.15) is 22.3 Å². The minimum Gasteiger partial charge on any atom is -0.480 e. The molecule has 1 aliphatic heterocycles. The number of hydrogen-bond acceptors (Lipinski definition) is 7. The van der Waals surface area contributed by atoms with Crippen molar-refractivity contribution in [3.8, 4) is 16.2 Å². The van der Waals surface area contributed by atoms with Gasteiger partial charge in [-0.15, -0.1) is 11.3 Å². The van der Waals surface area contributed by atoms with Gasteiger partial charge in [-0.1, -0.05) is 24.3 Å². The molecule has 5 rings (SSSR count). The van der Waals surface area contributed by atoms with Crippen molar-refractivity contribution in [3.63, 3.8) is 0 Å². The molecule has 29 heavy (non-hydrogen) atoms. The molecule has 9 heteroatoms. The Balaban J connectivity index is 1.44. The summed E-state index contributed by atoms with van der Waals surface area (Å²) in [6.45, 7) is 0. The van der Waals surface area contributed by atoms with Gasteiger partial charge in [-0.05, 0) is 39.6 Å². The highest BCUT2D eigenvalue weighted by molar-refractivity contribution is 7.14. The van der Waals surface area contributed by atoms with Crippen LogP contribution in [0.1, 0.15) is 15.9 Å². The molecule has 0 saturated carbocycles. The van der Waals surface area contributed by atoms with Crippen LogP contribution in [0, 0.1) is 0 Å². The monoisotopic (exact) mass is 407 g/mol. The first-order valence-corrected chi connectivity index (χ1v) is 9.61. The lowest BCUT2D eigenvalue weighted by Gasteiger charge is -2.11. The third kappa shape index (κ3) is 3.01. The lowest BCUT2D eigenvalue weighted by Crippen LogP contribution is -2.31. The van der Waals surface area contributed by atoms with Crippen LogP contribution in [-0.2, 0) is 11.2 Å². The Morgan fingerprint density at radius 1 is 1.14 bits per heavy atom. The van der Waals surface area contributed by atoms with E-state index in [1.54, 1.807) is 23.6 Å². The Morgan fingerprint density at radius 2 is 1.97 bits per heavy atom. The first kappa shape index (κ1) is 17.4.